The van der Waals surface area contributed by atoms with Gasteiger partial charge in [0.1, 0.15) is 5.76 Å². The highest BCUT2D eigenvalue weighted by atomic mass is 16.5. The van der Waals surface area contributed by atoms with Crippen molar-refractivity contribution in [3.8, 4) is 17.2 Å². The number of anilines is 2. The summed E-state index contributed by atoms with van der Waals surface area (Å²) in [6.45, 7) is -2.68. The topological polar surface area (TPSA) is 122 Å². The molecule has 3 aromatic rings. The molecule has 10 heteroatoms. The van der Waals surface area contributed by atoms with Crippen LogP contribution in [0.4, 0.5) is 11.4 Å². The standard InChI is InChI=1S/C20H22N6O4/c1-21-19(28)17-14(8-9-23-25-17)24-15-7-5-6-13(18(15)29-4)20-22-11-12(30-20)10-16(27)26(2)3/h5-9,11H,10H2,1-4H3,(H,21,28)(H,23,24)/i1D3. The summed E-state index contributed by atoms with van der Waals surface area (Å²) in [6.07, 6.45) is 2.89. The van der Waals surface area contributed by atoms with E-state index in [1.165, 1.54) is 30.5 Å². The van der Waals surface area contributed by atoms with Gasteiger partial charge in [0.05, 0.1) is 42.9 Å². The van der Waals surface area contributed by atoms with Crippen LogP contribution < -0.4 is 15.4 Å². The van der Waals surface area contributed by atoms with Gasteiger partial charge in [-0.15, -0.1) is 5.10 Å². The van der Waals surface area contributed by atoms with Crippen LogP contribution in [0.2, 0.25) is 0 Å². The smallest absolute Gasteiger partial charge is 0.273 e. The van der Waals surface area contributed by atoms with E-state index in [0.29, 0.717) is 22.8 Å². The van der Waals surface area contributed by atoms with Gasteiger partial charge in [-0.3, -0.25) is 9.59 Å². The van der Waals surface area contributed by atoms with Crippen LogP contribution in [0.25, 0.3) is 11.5 Å². The second-order valence-corrected chi connectivity index (χ2v) is 6.36. The van der Waals surface area contributed by atoms with Gasteiger partial charge in [0.2, 0.25) is 11.8 Å². The number of nitrogens with zero attached hydrogens (tertiary/aromatic N) is 4. The molecule has 0 aliphatic heterocycles. The summed E-state index contributed by atoms with van der Waals surface area (Å²) in [6, 6.07) is 6.60. The van der Waals surface area contributed by atoms with Crippen LogP contribution in [0.1, 0.15) is 20.4 Å². The molecule has 1 aromatic carbocycles. The summed E-state index contributed by atoms with van der Waals surface area (Å²) in [5.41, 5.74) is 0.949. The molecule has 156 valence electrons. The number of amides is 2. The Bertz CT molecular complexity index is 1160. The van der Waals surface area contributed by atoms with Crippen LogP contribution in [0.15, 0.2) is 41.1 Å². The SMILES string of the molecule is [2H]C([2H])([2H])NC(=O)c1nnccc1Nc1cccc(-c2ncc(CC(=O)N(C)C)o2)c1OC. The molecule has 30 heavy (non-hydrogen) atoms. The Hall–Kier alpha value is -3.95. The van der Waals surface area contributed by atoms with Gasteiger partial charge in [0.25, 0.3) is 5.91 Å². The highest BCUT2D eigenvalue weighted by Crippen LogP contribution is 2.37. The number of nitrogens with one attached hydrogen (secondary N) is 2. The zero-order valence-electron chi connectivity index (χ0n) is 19.6. The van der Waals surface area contributed by atoms with E-state index in [-0.39, 0.29) is 29.6 Å². The monoisotopic (exact) mass is 413 g/mol. The summed E-state index contributed by atoms with van der Waals surface area (Å²) >= 11 is 0. The van der Waals surface area contributed by atoms with E-state index in [9.17, 15) is 9.59 Å². The van der Waals surface area contributed by atoms with Gasteiger partial charge in [-0.2, -0.15) is 5.10 Å². The van der Waals surface area contributed by atoms with Gasteiger partial charge < -0.3 is 24.7 Å². The quantitative estimate of drug-likeness (QED) is 0.602. The minimum absolute atomic E-state index is 0.0604. The number of para-hydroxylation sites is 1. The first-order valence-electron chi connectivity index (χ1n) is 10.3. The average Bonchev–Trinajstić information content (AvgIpc) is 3.21. The van der Waals surface area contributed by atoms with Crippen molar-refractivity contribution in [1.29, 1.82) is 0 Å². The summed E-state index contributed by atoms with van der Waals surface area (Å²) in [4.78, 5) is 30.0. The first-order valence-corrected chi connectivity index (χ1v) is 8.82. The number of ether oxygens (including phenoxy) is 1. The molecule has 0 saturated heterocycles. The molecule has 0 aliphatic carbocycles. The molecule has 0 bridgehead atoms. The molecule has 0 atom stereocenters. The van der Waals surface area contributed by atoms with Crippen molar-refractivity contribution in [2.45, 2.75) is 6.42 Å². The van der Waals surface area contributed by atoms with E-state index in [2.05, 4.69) is 20.5 Å². The Morgan fingerprint density at radius 3 is 2.83 bits per heavy atom. The summed E-state index contributed by atoms with van der Waals surface area (Å²) in [5.74, 6) is -0.0584. The fraction of sp³-hybridized carbons (Fsp3) is 0.250. The third-order valence-corrected chi connectivity index (χ3v) is 4.15. The van der Waals surface area contributed by atoms with Crippen LogP contribution in [-0.2, 0) is 11.2 Å². The van der Waals surface area contributed by atoms with E-state index in [1.54, 1.807) is 32.3 Å². The zero-order chi connectivity index (χ0) is 24.2. The fourth-order valence-corrected chi connectivity index (χ4v) is 2.65. The van der Waals surface area contributed by atoms with Crippen molar-refractivity contribution in [1.82, 2.24) is 25.4 Å². The van der Waals surface area contributed by atoms with Crippen molar-refractivity contribution >= 4 is 23.2 Å². The second kappa shape index (κ2) is 9.03. The van der Waals surface area contributed by atoms with E-state index < -0.39 is 12.9 Å². The van der Waals surface area contributed by atoms with E-state index in [0.717, 1.165) is 0 Å². The summed E-state index contributed by atoms with van der Waals surface area (Å²) in [5, 5.41) is 12.3. The third kappa shape index (κ3) is 4.37. The number of hydrogen-bond donors (Lipinski definition) is 2. The Morgan fingerprint density at radius 2 is 2.10 bits per heavy atom. The van der Waals surface area contributed by atoms with Gasteiger partial charge in [0.15, 0.2) is 11.4 Å². The van der Waals surface area contributed by atoms with Crippen LogP contribution in [0.5, 0.6) is 5.75 Å². The molecule has 0 radical (unpaired) electrons. The fourth-order valence-electron chi connectivity index (χ4n) is 2.65. The van der Waals surface area contributed by atoms with Crippen molar-refractivity contribution in [3.05, 3.63) is 48.1 Å². The number of benzene rings is 1. The Balaban J connectivity index is 1.92. The lowest BCUT2D eigenvalue weighted by Crippen LogP contribution is -2.23. The number of carbonyl (C=O) groups is 2. The summed E-state index contributed by atoms with van der Waals surface area (Å²) in [7, 11) is 4.76. The maximum atomic E-state index is 12.4. The summed E-state index contributed by atoms with van der Waals surface area (Å²) < 4.78 is 33.0. The Labute approximate surface area is 177 Å². The lowest BCUT2D eigenvalue weighted by Gasteiger charge is -2.15. The number of likely N-dealkylation sites (N-methyl/N-ethyl adjacent to an activating group) is 1. The molecule has 10 nitrogen and oxygen atoms in total. The number of rotatable bonds is 7. The minimum Gasteiger partial charge on any atom is -0.494 e. The van der Waals surface area contributed by atoms with Crippen molar-refractivity contribution in [3.63, 3.8) is 0 Å². The molecule has 2 aromatic heterocycles. The number of carbonyl (C=O) groups excluding carboxylic acids is 2. The maximum Gasteiger partial charge on any atom is 0.273 e. The molecule has 0 unspecified atom stereocenters. The van der Waals surface area contributed by atoms with Gasteiger partial charge in [-0.05, 0) is 18.2 Å². The van der Waals surface area contributed by atoms with Gasteiger partial charge in [-0.25, -0.2) is 4.98 Å². The lowest BCUT2D eigenvalue weighted by molar-refractivity contribution is -0.128. The number of hydrogen-bond acceptors (Lipinski definition) is 8. The first kappa shape index (κ1) is 17.0. The molecule has 3 rings (SSSR count). The molecule has 2 N–H and O–H groups in total. The molecule has 0 fully saturated rings. The highest BCUT2D eigenvalue weighted by molar-refractivity contribution is 5.98. The van der Waals surface area contributed by atoms with Crippen LogP contribution in [0.3, 0.4) is 0 Å². The van der Waals surface area contributed by atoms with Crippen molar-refractivity contribution in [2.24, 2.45) is 0 Å². The van der Waals surface area contributed by atoms with E-state index in [1.807, 2.05) is 5.32 Å². The number of methoxy groups -OCH3 is 1. The van der Waals surface area contributed by atoms with Crippen LogP contribution >= 0.6 is 0 Å². The molecular weight excluding hydrogens is 388 g/mol. The van der Waals surface area contributed by atoms with Crippen LogP contribution in [0, 0.1) is 0 Å². The predicted molar refractivity (Wildman–Crippen MR) is 110 cm³/mol. The van der Waals surface area contributed by atoms with Gasteiger partial charge >= 0.3 is 0 Å². The van der Waals surface area contributed by atoms with Crippen molar-refractivity contribution in [2.75, 3.05) is 33.5 Å². The molecule has 0 spiro atoms. The molecule has 2 amide bonds. The number of oxazole rings is 1. The van der Waals surface area contributed by atoms with E-state index in [4.69, 9.17) is 13.3 Å². The molecular formula is C20H22N6O4. The van der Waals surface area contributed by atoms with Crippen LogP contribution in [-0.4, -0.2) is 60.1 Å². The first-order chi connectivity index (χ1) is 15.6. The van der Waals surface area contributed by atoms with Crippen molar-refractivity contribution < 1.29 is 22.9 Å². The normalized spacial score (nSPS) is 12.3. The lowest BCUT2D eigenvalue weighted by atomic mass is 10.1. The highest BCUT2D eigenvalue weighted by Gasteiger charge is 2.19. The average molecular weight is 413 g/mol. The predicted octanol–water partition coefficient (Wildman–Crippen LogP) is 1.87. The molecule has 2 heterocycles. The minimum atomic E-state index is -2.68. The molecule has 0 saturated carbocycles. The second-order valence-electron chi connectivity index (χ2n) is 6.36. The number of aromatic nitrogens is 3. The zero-order valence-corrected chi connectivity index (χ0v) is 16.6. The maximum absolute atomic E-state index is 12.4. The van der Waals surface area contributed by atoms with Gasteiger partial charge in [-0.1, -0.05) is 6.07 Å². The molecule has 0 aliphatic rings. The third-order valence-electron chi connectivity index (χ3n) is 4.15. The Kier molecular flexibility index (Phi) is 5.11. The van der Waals surface area contributed by atoms with Gasteiger partial charge in [0, 0.05) is 25.2 Å². The van der Waals surface area contributed by atoms with E-state index >= 15 is 0 Å². The Morgan fingerprint density at radius 1 is 1.27 bits per heavy atom. The largest absolute Gasteiger partial charge is 0.494 e.